The molecule has 1 aliphatic heterocycles. The molecule has 3 atom stereocenters. The van der Waals surface area contributed by atoms with E-state index in [-0.39, 0.29) is 18.3 Å². The number of rotatable bonds is 7. The molecule has 1 heterocycles. The summed E-state index contributed by atoms with van der Waals surface area (Å²) in [4.78, 5) is 39.5. The normalized spacial score (nSPS) is 22.4. The Morgan fingerprint density at radius 3 is 2.48 bits per heavy atom. The lowest BCUT2D eigenvalue weighted by Gasteiger charge is -2.38. The van der Waals surface area contributed by atoms with Crippen molar-refractivity contribution in [3.8, 4) is 11.5 Å². The molecule has 0 saturated carbocycles. The summed E-state index contributed by atoms with van der Waals surface area (Å²) in [5.74, 6) is -2.45. The van der Waals surface area contributed by atoms with E-state index in [4.69, 9.17) is 18.9 Å². The first-order chi connectivity index (χ1) is 15.8. The summed E-state index contributed by atoms with van der Waals surface area (Å²) in [6, 6.07) is 5.22. The maximum absolute atomic E-state index is 13.8. The van der Waals surface area contributed by atoms with Crippen LogP contribution in [-0.4, -0.2) is 45.7 Å². The molecule has 1 aromatic carbocycles. The van der Waals surface area contributed by atoms with Gasteiger partial charge in [0.2, 0.25) is 0 Å². The summed E-state index contributed by atoms with van der Waals surface area (Å²) in [5.41, 5.74) is 2.53. The van der Waals surface area contributed by atoms with Crippen molar-refractivity contribution in [3.63, 3.8) is 0 Å². The number of esters is 2. The van der Waals surface area contributed by atoms with E-state index in [1.54, 1.807) is 25.1 Å². The van der Waals surface area contributed by atoms with Gasteiger partial charge in [-0.2, -0.15) is 0 Å². The third kappa shape index (κ3) is 4.47. The molecule has 1 aromatic rings. The molecule has 2 aliphatic rings. The number of ether oxygens (including phenoxy) is 4. The van der Waals surface area contributed by atoms with Gasteiger partial charge in [-0.15, -0.1) is 0 Å². The van der Waals surface area contributed by atoms with E-state index in [1.165, 1.54) is 21.3 Å². The summed E-state index contributed by atoms with van der Waals surface area (Å²) in [5, 5.41) is 3.24. The lowest BCUT2D eigenvalue weighted by molar-refractivity contribution is -0.151. The molecule has 0 unspecified atom stereocenters. The largest absolute Gasteiger partial charge is 0.497 e. The lowest BCUT2D eigenvalue weighted by Crippen LogP contribution is -2.43. The summed E-state index contributed by atoms with van der Waals surface area (Å²) in [7, 11) is 4.33. The number of allylic oxidation sites excluding steroid dienone is 3. The third-order valence-corrected chi connectivity index (χ3v) is 6.15. The van der Waals surface area contributed by atoms with Crippen molar-refractivity contribution in [2.75, 3.05) is 27.9 Å². The van der Waals surface area contributed by atoms with E-state index in [0.29, 0.717) is 52.4 Å². The Hall–Kier alpha value is -3.29. The van der Waals surface area contributed by atoms with Crippen molar-refractivity contribution < 1.29 is 33.3 Å². The van der Waals surface area contributed by atoms with Crippen LogP contribution in [0.3, 0.4) is 0 Å². The number of carbonyl (C=O) groups is 3. The van der Waals surface area contributed by atoms with Crippen molar-refractivity contribution in [3.05, 3.63) is 46.3 Å². The van der Waals surface area contributed by atoms with Crippen LogP contribution in [0.4, 0.5) is 0 Å². The molecule has 8 heteroatoms. The van der Waals surface area contributed by atoms with Crippen LogP contribution in [0.1, 0.15) is 45.1 Å². The van der Waals surface area contributed by atoms with E-state index < -0.39 is 23.8 Å². The molecule has 0 aromatic heterocycles. The molecule has 0 saturated heterocycles. The Morgan fingerprint density at radius 2 is 1.88 bits per heavy atom. The Balaban J connectivity index is 2.25. The van der Waals surface area contributed by atoms with Crippen LogP contribution >= 0.6 is 0 Å². The Morgan fingerprint density at radius 1 is 1.15 bits per heavy atom. The van der Waals surface area contributed by atoms with Gasteiger partial charge >= 0.3 is 11.9 Å². The fourth-order valence-electron chi connectivity index (χ4n) is 4.60. The minimum absolute atomic E-state index is 0.249. The van der Waals surface area contributed by atoms with E-state index in [9.17, 15) is 14.4 Å². The number of benzene rings is 1. The summed E-state index contributed by atoms with van der Waals surface area (Å²) < 4.78 is 21.4. The molecule has 0 radical (unpaired) electrons. The highest BCUT2D eigenvalue weighted by Crippen LogP contribution is 2.48. The van der Waals surface area contributed by atoms with Crippen molar-refractivity contribution in [2.24, 2.45) is 11.8 Å². The maximum Gasteiger partial charge on any atom is 0.336 e. The first kappa shape index (κ1) is 24.4. The van der Waals surface area contributed by atoms with Gasteiger partial charge in [-0.25, -0.2) is 4.79 Å². The highest BCUT2D eigenvalue weighted by molar-refractivity contribution is 6.12. The zero-order chi connectivity index (χ0) is 24.3. The molecular formula is C25H31NO7. The number of carbonyl (C=O) groups excluding carboxylic acids is 3. The molecule has 1 N–H and O–H groups in total. The van der Waals surface area contributed by atoms with Gasteiger partial charge in [-0.1, -0.05) is 13.8 Å². The van der Waals surface area contributed by atoms with Gasteiger partial charge in [0.05, 0.1) is 39.4 Å². The number of Topliss-reactive ketones (excluding diaryl/α,β-unsaturated/α-hetero) is 1. The molecule has 1 aliphatic carbocycles. The first-order valence-corrected chi connectivity index (χ1v) is 11.0. The van der Waals surface area contributed by atoms with Gasteiger partial charge in [0, 0.05) is 22.5 Å². The maximum atomic E-state index is 13.8. The molecule has 0 amide bonds. The molecule has 0 fully saturated rings. The van der Waals surface area contributed by atoms with E-state index in [1.807, 2.05) is 13.8 Å². The van der Waals surface area contributed by atoms with Crippen LogP contribution in [-0.2, 0) is 23.9 Å². The predicted octanol–water partition coefficient (Wildman–Crippen LogP) is 3.27. The van der Waals surface area contributed by atoms with Gasteiger partial charge in [0.25, 0.3) is 0 Å². The molecule has 33 heavy (non-hydrogen) atoms. The van der Waals surface area contributed by atoms with Gasteiger partial charge in [-0.3, -0.25) is 9.59 Å². The standard InChI is InChI=1S/C25H31NO7/c1-7-10-33-25(29)20-14(3)26-17-11-13(2)19(24(28)32-6)23(27)22(17)21(20)16-12-15(30-4)8-9-18(16)31-5/h8-9,12-13,19,21,26H,7,10-11H2,1-6H3/t13-,19-,21+/m0/s1. The minimum atomic E-state index is -0.957. The number of ketones is 1. The van der Waals surface area contributed by atoms with Crippen LogP contribution in [0.2, 0.25) is 0 Å². The second kappa shape index (κ2) is 10.1. The van der Waals surface area contributed by atoms with Crippen LogP contribution < -0.4 is 14.8 Å². The molecule has 0 spiro atoms. The average Bonchev–Trinajstić information content (AvgIpc) is 2.80. The van der Waals surface area contributed by atoms with Crippen LogP contribution in [0.25, 0.3) is 0 Å². The molecule has 3 rings (SSSR count). The van der Waals surface area contributed by atoms with Gasteiger partial charge < -0.3 is 24.3 Å². The SMILES string of the molecule is CCCOC(=O)C1=C(C)NC2=C(C(=O)[C@@H](C(=O)OC)[C@@H](C)C2)[C@@H]1c1cc(OC)ccc1OC. The Bertz CT molecular complexity index is 1020. The molecule has 8 nitrogen and oxygen atoms in total. The van der Waals surface area contributed by atoms with E-state index in [0.717, 1.165) is 0 Å². The quantitative estimate of drug-likeness (QED) is 0.492. The van der Waals surface area contributed by atoms with Crippen molar-refractivity contribution in [1.82, 2.24) is 5.32 Å². The number of nitrogens with one attached hydrogen (secondary N) is 1. The van der Waals surface area contributed by atoms with Crippen molar-refractivity contribution >= 4 is 17.7 Å². The monoisotopic (exact) mass is 457 g/mol. The van der Waals surface area contributed by atoms with Crippen molar-refractivity contribution in [2.45, 2.75) is 39.5 Å². The summed E-state index contributed by atoms with van der Waals surface area (Å²) in [6.45, 7) is 5.78. The fourth-order valence-corrected chi connectivity index (χ4v) is 4.60. The zero-order valence-corrected chi connectivity index (χ0v) is 19.9. The van der Waals surface area contributed by atoms with Gasteiger partial charge in [0.15, 0.2) is 5.78 Å². The second-order valence-corrected chi connectivity index (χ2v) is 8.28. The number of hydrogen-bond donors (Lipinski definition) is 1. The Kier molecular flexibility index (Phi) is 7.46. The van der Waals surface area contributed by atoms with Crippen LogP contribution in [0.5, 0.6) is 11.5 Å². The average molecular weight is 458 g/mol. The number of methoxy groups -OCH3 is 3. The van der Waals surface area contributed by atoms with Crippen LogP contribution in [0, 0.1) is 11.8 Å². The molecule has 178 valence electrons. The lowest BCUT2D eigenvalue weighted by atomic mass is 9.69. The number of dihydropyridines is 1. The highest BCUT2D eigenvalue weighted by atomic mass is 16.5. The number of hydrogen-bond acceptors (Lipinski definition) is 8. The fraction of sp³-hybridized carbons (Fsp3) is 0.480. The summed E-state index contributed by atoms with van der Waals surface area (Å²) >= 11 is 0. The van der Waals surface area contributed by atoms with Gasteiger partial charge in [-0.05, 0) is 43.9 Å². The smallest absolute Gasteiger partial charge is 0.336 e. The zero-order valence-electron chi connectivity index (χ0n) is 19.9. The minimum Gasteiger partial charge on any atom is -0.497 e. The van der Waals surface area contributed by atoms with Crippen LogP contribution in [0.15, 0.2) is 40.7 Å². The first-order valence-electron chi connectivity index (χ1n) is 11.0. The van der Waals surface area contributed by atoms with Crippen molar-refractivity contribution in [1.29, 1.82) is 0 Å². The predicted molar refractivity (Wildman–Crippen MR) is 121 cm³/mol. The van der Waals surface area contributed by atoms with E-state index in [2.05, 4.69) is 5.32 Å². The van der Waals surface area contributed by atoms with E-state index >= 15 is 0 Å². The topological polar surface area (TPSA) is 100 Å². The third-order valence-electron chi connectivity index (χ3n) is 6.15. The Labute approximate surface area is 193 Å². The van der Waals surface area contributed by atoms with Gasteiger partial charge in [0.1, 0.15) is 17.4 Å². The second-order valence-electron chi connectivity index (χ2n) is 8.28. The molecule has 0 bridgehead atoms. The summed E-state index contributed by atoms with van der Waals surface area (Å²) in [6.07, 6.45) is 1.12. The molecular weight excluding hydrogens is 426 g/mol. The highest BCUT2D eigenvalue weighted by Gasteiger charge is 2.48.